The lowest BCUT2D eigenvalue weighted by atomic mass is 10.0. The lowest BCUT2D eigenvalue weighted by Crippen LogP contribution is -2.28. The summed E-state index contributed by atoms with van der Waals surface area (Å²) < 4.78 is 17.7. The largest absolute Gasteiger partial charge is 0.504 e. The summed E-state index contributed by atoms with van der Waals surface area (Å²) in [4.78, 5) is 49.3. The Bertz CT molecular complexity index is 1620. The van der Waals surface area contributed by atoms with Gasteiger partial charge in [-0.3, -0.25) is 19.2 Å². The van der Waals surface area contributed by atoms with Crippen LogP contribution >= 0.6 is 34.5 Å². The highest BCUT2D eigenvalue weighted by atomic mass is 35.5. The summed E-state index contributed by atoms with van der Waals surface area (Å²) in [6.45, 7) is 3.71. The molecule has 0 saturated carbocycles. The molecular formula is C30H31Cl2NO10S. The van der Waals surface area contributed by atoms with E-state index in [0.717, 1.165) is 16.9 Å². The lowest BCUT2D eigenvalue weighted by Gasteiger charge is -2.17. The van der Waals surface area contributed by atoms with Crippen molar-refractivity contribution >= 4 is 68.3 Å². The minimum atomic E-state index is -1.06. The van der Waals surface area contributed by atoms with E-state index in [4.69, 9.17) is 47.6 Å². The highest BCUT2D eigenvalue weighted by molar-refractivity contribution is 7.21. The molecule has 3 aromatic rings. The van der Waals surface area contributed by atoms with Gasteiger partial charge in [-0.15, -0.1) is 11.3 Å². The molecule has 0 saturated heterocycles. The first kappa shape index (κ1) is 33.2. The van der Waals surface area contributed by atoms with Crippen molar-refractivity contribution in [3.8, 4) is 23.0 Å². The van der Waals surface area contributed by atoms with E-state index in [9.17, 15) is 24.3 Å². The Morgan fingerprint density at radius 1 is 0.932 bits per heavy atom. The van der Waals surface area contributed by atoms with Gasteiger partial charge in [0.15, 0.2) is 28.8 Å². The average molecular weight is 669 g/mol. The van der Waals surface area contributed by atoms with Crippen LogP contribution < -0.4 is 14.2 Å². The van der Waals surface area contributed by atoms with Gasteiger partial charge in [0, 0.05) is 48.5 Å². The number of aliphatic carboxylic acids is 2. The second-order valence-electron chi connectivity index (χ2n) is 10.5. The summed E-state index contributed by atoms with van der Waals surface area (Å²) in [5.41, 5.74) is 1.49. The third-order valence-electron chi connectivity index (χ3n) is 7.23. The zero-order valence-electron chi connectivity index (χ0n) is 24.1. The maximum Gasteiger partial charge on any atom is 0.306 e. The van der Waals surface area contributed by atoms with E-state index in [0.29, 0.717) is 43.5 Å². The van der Waals surface area contributed by atoms with Crippen LogP contribution in [0.5, 0.6) is 23.0 Å². The molecule has 0 bridgehead atoms. The van der Waals surface area contributed by atoms with Gasteiger partial charge in [0.05, 0.1) is 47.1 Å². The van der Waals surface area contributed by atoms with E-state index in [1.807, 2.05) is 0 Å². The van der Waals surface area contributed by atoms with Crippen molar-refractivity contribution in [2.24, 2.45) is 11.8 Å². The second-order valence-corrected chi connectivity index (χ2v) is 12.4. The number of benzene rings is 2. The van der Waals surface area contributed by atoms with Gasteiger partial charge in [-0.2, -0.15) is 0 Å². The number of Topliss-reactive ketones (excluding diaryl/α,β-unsaturated/α-hetero) is 1. The number of carbonyl (C=O) groups is 4. The SMILES string of the molecule is COc1cc2c(c(Cl)c1OCCCOc1c(O)cc3sc(C(=O)C[C@H](C)C(=O)O)cc3c1Cl)CN(C(=O)C[C@H](C)C(=O)O)C2. The minimum Gasteiger partial charge on any atom is -0.504 e. The molecule has 0 fully saturated rings. The number of aromatic hydroxyl groups is 1. The van der Waals surface area contributed by atoms with Crippen LogP contribution in [0.15, 0.2) is 18.2 Å². The predicted molar refractivity (Wildman–Crippen MR) is 164 cm³/mol. The van der Waals surface area contributed by atoms with Crippen molar-refractivity contribution in [3.63, 3.8) is 0 Å². The fourth-order valence-electron chi connectivity index (χ4n) is 4.66. The third-order valence-corrected chi connectivity index (χ3v) is 9.13. The topological polar surface area (TPSA) is 160 Å². The van der Waals surface area contributed by atoms with Gasteiger partial charge in [0.2, 0.25) is 5.91 Å². The standard InChI is InChI=1S/C30H31Cl2NO10S/c1-14(29(37)38)7-19(34)23-10-17-22(44-23)11-20(35)27(25(17)31)42-5-4-6-43-28-21(41-3)9-16-12-33(13-18(16)26(28)32)24(36)8-15(2)30(39)40/h9-11,14-15,35H,4-8,12-13H2,1-3H3,(H,37,38)(H,39,40)/t14-,15-/m0/s1. The Kier molecular flexibility index (Phi) is 10.5. The average Bonchev–Trinajstić information content (AvgIpc) is 3.60. The number of phenols is 1. The van der Waals surface area contributed by atoms with E-state index in [1.54, 1.807) is 17.0 Å². The van der Waals surface area contributed by atoms with Crippen molar-refractivity contribution in [1.82, 2.24) is 4.90 Å². The molecule has 1 amide bonds. The van der Waals surface area contributed by atoms with Crippen LogP contribution in [0.3, 0.4) is 0 Å². The van der Waals surface area contributed by atoms with Crippen LogP contribution in [0.2, 0.25) is 10.0 Å². The van der Waals surface area contributed by atoms with Gasteiger partial charge in [-0.1, -0.05) is 37.0 Å². The highest BCUT2D eigenvalue weighted by Crippen LogP contribution is 2.45. The Balaban J connectivity index is 1.38. The van der Waals surface area contributed by atoms with Crippen LogP contribution in [0.25, 0.3) is 10.1 Å². The zero-order chi connectivity index (χ0) is 32.3. The molecule has 0 radical (unpaired) electrons. The number of rotatable bonds is 14. The van der Waals surface area contributed by atoms with Crippen LogP contribution in [0, 0.1) is 11.8 Å². The number of fused-ring (bicyclic) bond motifs is 2. The Labute approximate surface area is 266 Å². The molecule has 14 heteroatoms. The summed E-state index contributed by atoms with van der Waals surface area (Å²) in [5, 5.41) is 29.7. The number of hydrogen-bond acceptors (Lipinski definition) is 9. The summed E-state index contributed by atoms with van der Waals surface area (Å²) in [5.74, 6) is -3.82. The van der Waals surface area contributed by atoms with Gasteiger partial charge in [0.1, 0.15) is 0 Å². The van der Waals surface area contributed by atoms with Gasteiger partial charge in [-0.25, -0.2) is 0 Å². The first-order valence-corrected chi connectivity index (χ1v) is 15.2. The molecule has 2 heterocycles. The number of carboxylic acid groups (broad SMARTS) is 2. The van der Waals surface area contributed by atoms with Crippen LogP contribution in [-0.2, 0) is 27.5 Å². The molecule has 1 aliphatic rings. The molecule has 3 N–H and O–H groups in total. The fraction of sp³-hybridized carbons (Fsp3) is 0.400. The normalized spacial score (nSPS) is 13.8. The minimum absolute atomic E-state index is 0.0463. The van der Waals surface area contributed by atoms with E-state index < -0.39 is 23.8 Å². The van der Waals surface area contributed by atoms with E-state index in [-0.39, 0.29) is 67.4 Å². The van der Waals surface area contributed by atoms with Crippen molar-refractivity contribution in [2.75, 3.05) is 20.3 Å². The van der Waals surface area contributed by atoms with Crippen molar-refractivity contribution in [2.45, 2.75) is 46.2 Å². The predicted octanol–water partition coefficient (Wildman–Crippen LogP) is 6.02. The first-order valence-electron chi connectivity index (χ1n) is 13.7. The molecule has 0 aliphatic carbocycles. The second kappa shape index (κ2) is 13.9. The number of methoxy groups -OCH3 is 1. The summed E-state index contributed by atoms with van der Waals surface area (Å²) in [7, 11) is 1.47. The Hall–Kier alpha value is -3.74. The van der Waals surface area contributed by atoms with E-state index in [2.05, 4.69) is 0 Å². The summed E-state index contributed by atoms with van der Waals surface area (Å²) in [6.07, 6.45) is 0.0881. The Morgan fingerprint density at radius 3 is 2.20 bits per heavy atom. The van der Waals surface area contributed by atoms with Crippen molar-refractivity contribution in [3.05, 3.63) is 44.2 Å². The van der Waals surface area contributed by atoms with Gasteiger partial charge >= 0.3 is 11.9 Å². The van der Waals surface area contributed by atoms with Crippen LogP contribution in [-0.4, -0.2) is 64.2 Å². The van der Waals surface area contributed by atoms with Gasteiger partial charge in [0.25, 0.3) is 0 Å². The number of carbonyl (C=O) groups excluding carboxylic acids is 2. The highest BCUT2D eigenvalue weighted by Gasteiger charge is 2.30. The number of ether oxygens (including phenoxy) is 3. The number of amides is 1. The molecule has 2 aromatic carbocycles. The molecule has 11 nitrogen and oxygen atoms in total. The molecule has 1 aliphatic heterocycles. The molecule has 4 rings (SSSR count). The quantitative estimate of drug-likeness (QED) is 0.137. The van der Waals surface area contributed by atoms with E-state index >= 15 is 0 Å². The van der Waals surface area contributed by atoms with Crippen LogP contribution in [0.4, 0.5) is 0 Å². The molecule has 0 spiro atoms. The van der Waals surface area contributed by atoms with Gasteiger partial charge in [-0.05, 0) is 23.3 Å². The maximum atomic E-state index is 12.6. The third kappa shape index (κ3) is 7.14. The van der Waals surface area contributed by atoms with Gasteiger partial charge < -0.3 is 34.4 Å². The van der Waals surface area contributed by atoms with E-state index in [1.165, 1.54) is 27.0 Å². The summed E-state index contributed by atoms with van der Waals surface area (Å²) in [6, 6.07) is 4.76. The zero-order valence-corrected chi connectivity index (χ0v) is 26.5. The fourth-order valence-corrected chi connectivity index (χ4v) is 6.40. The molecule has 1 aromatic heterocycles. The maximum absolute atomic E-state index is 12.6. The Morgan fingerprint density at radius 2 is 1.57 bits per heavy atom. The van der Waals surface area contributed by atoms with Crippen LogP contribution in [0.1, 0.15) is 53.9 Å². The number of phenolic OH excluding ortho intramolecular Hbond substituents is 1. The number of ketones is 1. The molecule has 44 heavy (non-hydrogen) atoms. The number of carboxylic acids is 2. The number of thiophene rings is 1. The number of halogens is 2. The molecule has 0 unspecified atom stereocenters. The molecule has 2 atom stereocenters. The number of nitrogens with zero attached hydrogens (tertiary/aromatic N) is 1. The van der Waals surface area contributed by atoms with Crippen molar-refractivity contribution < 1.29 is 48.7 Å². The lowest BCUT2D eigenvalue weighted by molar-refractivity contribution is -0.145. The van der Waals surface area contributed by atoms with Crippen molar-refractivity contribution in [1.29, 1.82) is 0 Å². The monoisotopic (exact) mass is 667 g/mol. The number of hydrogen-bond donors (Lipinski definition) is 3. The summed E-state index contributed by atoms with van der Waals surface area (Å²) >= 11 is 14.3. The first-order chi connectivity index (χ1) is 20.8. The molecule has 236 valence electrons. The smallest absolute Gasteiger partial charge is 0.306 e. The molecular weight excluding hydrogens is 637 g/mol.